The highest BCUT2D eigenvalue weighted by atomic mass is 19.1. The van der Waals surface area contributed by atoms with E-state index in [4.69, 9.17) is 4.74 Å². The Morgan fingerprint density at radius 1 is 1.10 bits per heavy atom. The Morgan fingerprint density at radius 2 is 1.94 bits per heavy atom. The van der Waals surface area contributed by atoms with Crippen molar-refractivity contribution in [3.63, 3.8) is 0 Å². The van der Waals surface area contributed by atoms with Crippen molar-refractivity contribution in [3.8, 4) is 11.4 Å². The van der Waals surface area contributed by atoms with Gasteiger partial charge in [-0.3, -0.25) is 4.79 Å². The lowest BCUT2D eigenvalue weighted by Crippen LogP contribution is -2.16. The molecule has 0 aliphatic rings. The van der Waals surface area contributed by atoms with Crippen molar-refractivity contribution in [3.05, 3.63) is 78.0 Å². The second-order valence-corrected chi connectivity index (χ2v) is 6.48. The Bertz CT molecular complexity index is 1240. The standard InChI is InChI=1S/C21H18FN7O2/c1-13-26-27-28-29(13)14-9-10-16(22)18(12-14)25-21(30)15-6-5-11-23-20(15)24-17-7-3-4-8-19(17)31-2/h3-12H,1-2H3,(H,23,24)(H,25,30). The topological polar surface area (TPSA) is 107 Å². The van der Waals surface area contributed by atoms with Crippen molar-refractivity contribution in [1.29, 1.82) is 0 Å². The Kier molecular flexibility index (Phi) is 5.52. The number of aryl methyl sites for hydroxylation is 1. The lowest BCUT2D eigenvalue weighted by molar-refractivity contribution is 0.102. The molecule has 1 amide bonds. The lowest BCUT2D eigenvalue weighted by Gasteiger charge is -2.14. The normalized spacial score (nSPS) is 10.5. The summed E-state index contributed by atoms with van der Waals surface area (Å²) in [7, 11) is 1.55. The molecule has 2 aromatic heterocycles. The largest absolute Gasteiger partial charge is 0.495 e. The first-order valence-corrected chi connectivity index (χ1v) is 9.28. The molecular formula is C21H18FN7O2. The van der Waals surface area contributed by atoms with Crippen LogP contribution in [0, 0.1) is 12.7 Å². The molecule has 0 fully saturated rings. The van der Waals surface area contributed by atoms with Gasteiger partial charge in [-0.05, 0) is 59.8 Å². The summed E-state index contributed by atoms with van der Waals surface area (Å²) < 4.78 is 21.2. The van der Waals surface area contributed by atoms with Crippen LogP contribution in [0.15, 0.2) is 60.8 Å². The summed E-state index contributed by atoms with van der Waals surface area (Å²) in [6.45, 7) is 1.72. The molecule has 0 bridgehead atoms. The van der Waals surface area contributed by atoms with E-state index in [0.29, 0.717) is 28.8 Å². The number of anilines is 3. The summed E-state index contributed by atoms with van der Waals surface area (Å²) in [6.07, 6.45) is 1.55. The molecule has 2 heterocycles. The molecule has 2 aromatic carbocycles. The summed E-state index contributed by atoms with van der Waals surface area (Å²) in [6, 6.07) is 14.7. The number of aromatic nitrogens is 5. The van der Waals surface area contributed by atoms with Gasteiger partial charge >= 0.3 is 0 Å². The molecule has 0 atom stereocenters. The predicted molar refractivity (Wildman–Crippen MR) is 112 cm³/mol. The number of halogens is 1. The van der Waals surface area contributed by atoms with Gasteiger partial charge in [0.2, 0.25) is 0 Å². The molecule has 0 aliphatic heterocycles. The molecule has 0 aliphatic carbocycles. The van der Waals surface area contributed by atoms with Crippen LogP contribution >= 0.6 is 0 Å². The number of tetrazole rings is 1. The van der Waals surface area contributed by atoms with E-state index in [1.165, 1.54) is 22.9 Å². The fourth-order valence-corrected chi connectivity index (χ4v) is 2.96. The van der Waals surface area contributed by atoms with Gasteiger partial charge in [0, 0.05) is 6.20 Å². The van der Waals surface area contributed by atoms with Crippen LogP contribution in [0.5, 0.6) is 5.75 Å². The van der Waals surface area contributed by atoms with Gasteiger partial charge in [0.25, 0.3) is 5.91 Å². The zero-order valence-electron chi connectivity index (χ0n) is 16.7. The summed E-state index contributed by atoms with van der Waals surface area (Å²) in [5.74, 6) is 0.299. The number of pyridine rings is 1. The first-order valence-electron chi connectivity index (χ1n) is 9.28. The van der Waals surface area contributed by atoms with Gasteiger partial charge in [-0.1, -0.05) is 12.1 Å². The minimum absolute atomic E-state index is 0.00973. The van der Waals surface area contributed by atoms with Crippen LogP contribution in [0.2, 0.25) is 0 Å². The highest BCUT2D eigenvalue weighted by Crippen LogP contribution is 2.28. The number of carbonyl (C=O) groups excluding carboxylic acids is 1. The monoisotopic (exact) mass is 419 g/mol. The summed E-state index contributed by atoms with van der Waals surface area (Å²) in [4.78, 5) is 17.2. The number of hydrogen-bond acceptors (Lipinski definition) is 7. The molecule has 2 N–H and O–H groups in total. The smallest absolute Gasteiger partial charge is 0.259 e. The summed E-state index contributed by atoms with van der Waals surface area (Å²) in [5, 5.41) is 16.9. The van der Waals surface area contributed by atoms with Crippen LogP contribution in [-0.2, 0) is 0 Å². The Balaban J connectivity index is 1.62. The number of ether oxygens (including phenoxy) is 1. The van der Waals surface area contributed by atoms with E-state index < -0.39 is 11.7 Å². The quantitative estimate of drug-likeness (QED) is 0.492. The van der Waals surface area contributed by atoms with Crippen LogP contribution < -0.4 is 15.4 Å². The Hall–Kier alpha value is -4.34. The van der Waals surface area contributed by atoms with Gasteiger partial charge < -0.3 is 15.4 Å². The number of para-hydroxylation sites is 2. The molecule has 4 rings (SSSR count). The summed E-state index contributed by atoms with van der Waals surface area (Å²) in [5.41, 5.74) is 1.37. The van der Waals surface area contributed by atoms with Crippen LogP contribution in [0.1, 0.15) is 16.2 Å². The first kappa shape index (κ1) is 20.0. The van der Waals surface area contributed by atoms with Crippen LogP contribution in [-0.4, -0.2) is 38.2 Å². The van der Waals surface area contributed by atoms with Gasteiger partial charge in [0.05, 0.1) is 29.7 Å². The van der Waals surface area contributed by atoms with Crippen molar-refractivity contribution >= 4 is 23.1 Å². The molecule has 0 spiro atoms. The molecular weight excluding hydrogens is 401 g/mol. The number of nitrogens with zero attached hydrogens (tertiary/aromatic N) is 5. The fraction of sp³-hybridized carbons (Fsp3) is 0.0952. The second-order valence-electron chi connectivity index (χ2n) is 6.48. The maximum Gasteiger partial charge on any atom is 0.259 e. The molecule has 10 heteroatoms. The minimum Gasteiger partial charge on any atom is -0.495 e. The van der Waals surface area contributed by atoms with Gasteiger partial charge in [0.15, 0.2) is 5.82 Å². The fourth-order valence-electron chi connectivity index (χ4n) is 2.96. The number of benzene rings is 2. The average molecular weight is 419 g/mol. The molecule has 156 valence electrons. The number of amides is 1. The minimum atomic E-state index is -0.592. The number of nitrogens with one attached hydrogen (secondary N) is 2. The molecule has 0 saturated heterocycles. The maximum atomic E-state index is 14.4. The van der Waals surface area contributed by atoms with E-state index in [0.717, 1.165) is 0 Å². The third-order valence-electron chi connectivity index (χ3n) is 4.48. The van der Waals surface area contributed by atoms with E-state index >= 15 is 0 Å². The molecule has 0 unspecified atom stereocenters. The molecule has 0 saturated carbocycles. The van der Waals surface area contributed by atoms with Crippen molar-refractivity contribution < 1.29 is 13.9 Å². The van der Waals surface area contributed by atoms with Gasteiger partial charge in [-0.25, -0.2) is 9.37 Å². The van der Waals surface area contributed by atoms with E-state index in [2.05, 4.69) is 31.1 Å². The van der Waals surface area contributed by atoms with Crippen molar-refractivity contribution in [2.24, 2.45) is 0 Å². The second kappa shape index (κ2) is 8.57. The Morgan fingerprint density at radius 3 is 2.71 bits per heavy atom. The number of carbonyl (C=O) groups is 1. The number of methoxy groups -OCH3 is 1. The molecule has 31 heavy (non-hydrogen) atoms. The predicted octanol–water partition coefficient (Wildman–Crippen LogP) is 3.51. The highest BCUT2D eigenvalue weighted by molar-refractivity contribution is 6.08. The SMILES string of the molecule is COc1ccccc1Nc1ncccc1C(=O)Nc1cc(-n2nnnc2C)ccc1F. The van der Waals surface area contributed by atoms with E-state index in [9.17, 15) is 9.18 Å². The van der Waals surface area contributed by atoms with Crippen LogP contribution in [0.4, 0.5) is 21.6 Å². The van der Waals surface area contributed by atoms with Crippen LogP contribution in [0.3, 0.4) is 0 Å². The van der Waals surface area contributed by atoms with E-state index in [1.807, 2.05) is 12.1 Å². The third kappa shape index (κ3) is 4.17. The average Bonchev–Trinajstić information content (AvgIpc) is 3.22. The lowest BCUT2D eigenvalue weighted by atomic mass is 10.2. The molecule has 9 nitrogen and oxygen atoms in total. The highest BCUT2D eigenvalue weighted by Gasteiger charge is 2.17. The summed E-state index contributed by atoms with van der Waals surface area (Å²) >= 11 is 0. The van der Waals surface area contributed by atoms with Crippen molar-refractivity contribution in [1.82, 2.24) is 25.2 Å². The van der Waals surface area contributed by atoms with Gasteiger partial charge in [-0.15, -0.1) is 5.10 Å². The number of hydrogen-bond donors (Lipinski definition) is 2. The zero-order chi connectivity index (χ0) is 21.8. The molecule has 4 aromatic rings. The van der Waals surface area contributed by atoms with E-state index in [-0.39, 0.29) is 11.3 Å². The van der Waals surface area contributed by atoms with Gasteiger partial charge in [-0.2, -0.15) is 4.68 Å². The maximum absolute atomic E-state index is 14.4. The van der Waals surface area contributed by atoms with Crippen molar-refractivity contribution in [2.75, 3.05) is 17.7 Å². The number of rotatable bonds is 6. The van der Waals surface area contributed by atoms with Gasteiger partial charge in [0.1, 0.15) is 17.4 Å². The van der Waals surface area contributed by atoms with Crippen LogP contribution in [0.25, 0.3) is 5.69 Å². The zero-order valence-corrected chi connectivity index (χ0v) is 16.7. The van der Waals surface area contributed by atoms with E-state index in [1.54, 1.807) is 44.5 Å². The third-order valence-corrected chi connectivity index (χ3v) is 4.48. The first-order chi connectivity index (χ1) is 15.1. The molecule has 0 radical (unpaired) electrons. The van der Waals surface area contributed by atoms with Crippen molar-refractivity contribution in [2.45, 2.75) is 6.92 Å². The Labute approximate surface area is 176 Å².